The molecule has 1 saturated carbocycles. The van der Waals surface area contributed by atoms with Crippen LogP contribution in [-0.4, -0.2) is 21.9 Å². The largest absolute Gasteiger partial charge is 0.349 e. The molecule has 0 aromatic carbocycles. The highest BCUT2D eigenvalue weighted by atomic mass is 16.2. The number of hydrogen-bond donors (Lipinski definition) is 3. The van der Waals surface area contributed by atoms with Crippen LogP contribution < -0.4 is 16.6 Å². The maximum Gasteiger partial charge on any atom is 0.325 e. The van der Waals surface area contributed by atoms with Crippen molar-refractivity contribution < 1.29 is 4.79 Å². The molecule has 6 nitrogen and oxygen atoms in total. The fourth-order valence-corrected chi connectivity index (χ4v) is 1.91. The van der Waals surface area contributed by atoms with Crippen LogP contribution in [0.25, 0.3) is 0 Å². The smallest absolute Gasteiger partial charge is 0.325 e. The lowest BCUT2D eigenvalue weighted by atomic mass is 10.2. The number of H-pyrrole nitrogens is 2. The van der Waals surface area contributed by atoms with Gasteiger partial charge in [-0.3, -0.25) is 14.6 Å². The maximum absolute atomic E-state index is 11.7. The highest BCUT2D eigenvalue weighted by molar-refractivity contribution is 5.93. The molecule has 0 saturated heterocycles. The molecule has 1 fully saturated rings. The third-order valence-corrected chi connectivity index (χ3v) is 2.75. The Morgan fingerprint density at radius 2 is 2.00 bits per heavy atom. The molecular weight excluding hydrogens is 210 g/mol. The molecule has 1 heterocycles. The van der Waals surface area contributed by atoms with Gasteiger partial charge in [-0.05, 0) is 12.8 Å². The highest BCUT2D eigenvalue weighted by Gasteiger charge is 2.19. The molecule has 6 heteroatoms. The Labute approximate surface area is 91.1 Å². The summed E-state index contributed by atoms with van der Waals surface area (Å²) < 4.78 is 0. The first-order valence-electron chi connectivity index (χ1n) is 5.29. The highest BCUT2D eigenvalue weighted by Crippen LogP contribution is 2.17. The van der Waals surface area contributed by atoms with Gasteiger partial charge in [-0.2, -0.15) is 0 Å². The van der Waals surface area contributed by atoms with Gasteiger partial charge in [0.25, 0.3) is 11.5 Å². The predicted molar refractivity (Wildman–Crippen MR) is 57.4 cm³/mol. The number of amides is 1. The number of nitrogens with one attached hydrogen (secondary N) is 3. The fraction of sp³-hybridized carbons (Fsp3) is 0.500. The summed E-state index contributed by atoms with van der Waals surface area (Å²) in [4.78, 5) is 38.1. The van der Waals surface area contributed by atoms with E-state index in [9.17, 15) is 14.4 Å². The molecule has 2 rings (SSSR count). The zero-order chi connectivity index (χ0) is 11.5. The van der Waals surface area contributed by atoms with E-state index >= 15 is 0 Å². The van der Waals surface area contributed by atoms with Crippen molar-refractivity contribution in [3.8, 4) is 0 Å². The van der Waals surface area contributed by atoms with E-state index in [2.05, 4.69) is 10.3 Å². The van der Waals surface area contributed by atoms with Crippen molar-refractivity contribution in [3.05, 3.63) is 32.6 Å². The lowest BCUT2D eigenvalue weighted by Gasteiger charge is -2.10. The van der Waals surface area contributed by atoms with Crippen LogP contribution in [0.1, 0.15) is 36.0 Å². The van der Waals surface area contributed by atoms with E-state index in [0.29, 0.717) is 0 Å². The van der Waals surface area contributed by atoms with Gasteiger partial charge >= 0.3 is 5.69 Å². The summed E-state index contributed by atoms with van der Waals surface area (Å²) in [6.45, 7) is 0. The molecule has 1 aliphatic carbocycles. The van der Waals surface area contributed by atoms with Gasteiger partial charge in [-0.25, -0.2) is 4.79 Å². The van der Waals surface area contributed by atoms with Gasteiger partial charge in [0, 0.05) is 12.2 Å². The van der Waals surface area contributed by atoms with Crippen molar-refractivity contribution in [2.45, 2.75) is 31.7 Å². The number of aromatic nitrogens is 2. The Hall–Kier alpha value is -1.85. The third-order valence-electron chi connectivity index (χ3n) is 2.75. The number of carbonyl (C=O) groups is 1. The van der Waals surface area contributed by atoms with Gasteiger partial charge in [0.1, 0.15) is 5.56 Å². The van der Waals surface area contributed by atoms with Crippen LogP contribution in [0.2, 0.25) is 0 Å². The lowest BCUT2D eigenvalue weighted by molar-refractivity contribution is 0.0936. The average Bonchev–Trinajstić information content (AvgIpc) is 2.70. The quantitative estimate of drug-likeness (QED) is 0.644. The Balaban J connectivity index is 2.14. The molecule has 1 aromatic rings. The maximum atomic E-state index is 11.7. The second-order valence-electron chi connectivity index (χ2n) is 3.94. The van der Waals surface area contributed by atoms with Crippen LogP contribution in [0.4, 0.5) is 0 Å². The van der Waals surface area contributed by atoms with Crippen molar-refractivity contribution in [1.82, 2.24) is 15.3 Å². The first kappa shape index (κ1) is 10.7. The van der Waals surface area contributed by atoms with E-state index in [-0.39, 0.29) is 11.6 Å². The molecule has 16 heavy (non-hydrogen) atoms. The minimum absolute atomic E-state index is 0.0495. The van der Waals surface area contributed by atoms with Crippen LogP contribution in [0.15, 0.2) is 15.8 Å². The predicted octanol–water partition coefficient (Wildman–Crippen LogP) is -0.264. The van der Waals surface area contributed by atoms with Crippen molar-refractivity contribution >= 4 is 5.91 Å². The molecule has 1 aromatic heterocycles. The summed E-state index contributed by atoms with van der Waals surface area (Å²) in [5, 5.41) is 2.77. The molecule has 0 bridgehead atoms. The van der Waals surface area contributed by atoms with Gasteiger partial charge in [0.2, 0.25) is 0 Å². The second kappa shape index (κ2) is 4.34. The Morgan fingerprint density at radius 1 is 1.31 bits per heavy atom. The molecule has 0 spiro atoms. The van der Waals surface area contributed by atoms with Gasteiger partial charge < -0.3 is 10.3 Å². The zero-order valence-corrected chi connectivity index (χ0v) is 8.71. The molecule has 0 atom stereocenters. The topological polar surface area (TPSA) is 94.8 Å². The van der Waals surface area contributed by atoms with E-state index in [0.717, 1.165) is 31.9 Å². The summed E-state index contributed by atoms with van der Waals surface area (Å²) in [7, 11) is 0. The molecule has 0 radical (unpaired) electrons. The minimum Gasteiger partial charge on any atom is -0.349 e. The average molecular weight is 223 g/mol. The third kappa shape index (κ3) is 2.21. The van der Waals surface area contributed by atoms with Gasteiger partial charge in [-0.15, -0.1) is 0 Å². The molecule has 0 aliphatic heterocycles. The van der Waals surface area contributed by atoms with Crippen LogP contribution >= 0.6 is 0 Å². The van der Waals surface area contributed by atoms with E-state index in [1.54, 1.807) is 0 Å². The van der Waals surface area contributed by atoms with Crippen molar-refractivity contribution in [3.63, 3.8) is 0 Å². The Kier molecular flexibility index (Phi) is 2.89. The molecule has 0 unspecified atom stereocenters. The SMILES string of the molecule is O=C(NC1CCCC1)c1c[nH]c(=O)[nH]c1=O. The number of aromatic amines is 2. The number of hydrogen-bond acceptors (Lipinski definition) is 3. The summed E-state index contributed by atoms with van der Waals surface area (Å²) in [6, 6.07) is 0.152. The van der Waals surface area contributed by atoms with Crippen LogP contribution in [-0.2, 0) is 0 Å². The van der Waals surface area contributed by atoms with E-state index in [4.69, 9.17) is 0 Å². The lowest BCUT2D eigenvalue weighted by Crippen LogP contribution is -2.37. The molecule has 1 aliphatic rings. The minimum atomic E-state index is -0.653. The van der Waals surface area contributed by atoms with E-state index in [1.807, 2.05) is 4.98 Å². The van der Waals surface area contributed by atoms with E-state index < -0.39 is 17.2 Å². The standard InChI is InChI=1S/C10H13N3O3/c14-8(12-6-3-1-2-4-6)7-5-11-10(16)13-9(7)15/h5-6H,1-4H2,(H,12,14)(H2,11,13,15,16). The van der Waals surface area contributed by atoms with Gasteiger partial charge in [-0.1, -0.05) is 12.8 Å². The fourth-order valence-electron chi connectivity index (χ4n) is 1.91. The normalized spacial score (nSPS) is 16.2. The van der Waals surface area contributed by atoms with Gasteiger partial charge in [0.15, 0.2) is 0 Å². The molecular formula is C10H13N3O3. The Morgan fingerprint density at radius 3 is 2.62 bits per heavy atom. The molecule has 86 valence electrons. The monoisotopic (exact) mass is 223 g/mol. The van der Waals surface area contributed by atoms with Gasteiger partial charge in [0.05, 0.1) is 0 Å². The molecule has 1 amide bonds. The first-order chi connectivity index (χ1) is 7.66. The van der Waals surface area contributed by atoms with Crippen molar-refractivity contribution in [1.29, 1.82) is 0 Å². The first-order valence-corrected chi connectivity index (χ1v) is 5.29. The van der Waals surface area contributed by atoms with Crippen molar-refractivity contribution in [2.75, 3.05) is 0 Å². The summed E-state index contributed by atoms with van der Waals surface area (Å²) in [5.41, 5.74) is -1.31. The zero-order valence-electron chi connectivity index (χ0n) is 8.71. The van der Waals surface area contributed by atoms with Crippen LogP contribution in [0, 0.1) is 0 Å². The Bertz CT molecular complexity index is 497. The van der Waals surface area contributed by atoms with E-state index in [1.165, 1.54) is 0 Å². The number of carbonyl (C=O) groups excluding carboxylic acids is 1. The van der Waals surface area contributed by atoms with Crippen LogP contribution in [0.5, 0.6) is 0 Å². The van der Waals surface area contributed by atoms with Crippen molar-refractivity contribution in [2.24, 2.45) is 0 Å². The number of rotatable bonds is 2. The summed E-state index contributed by atoms with van der Waals surface area (Å²) in [6.07, 6.45) is 5.26. The summed E-state index contributed by atoms with van der Waals surface area (Å²) in [5.74, 6) is -0.426. The summed E-state index contributed by atoms with van der Waals surface area (Å²) >= 11 is 0. The van der Waals surface area contributed by atoms with Crippen LogP contribution in [0.3, 0.4) is 0 Å². The second-order valence-corrected chi connectivity index (χ2v) is 3.94. The molecule has 3 N–H and O–H groups in total.